The largest absolute Gasteiger partial charge is 0.467 e. The first-order chi connectivity index (χ1) is 14.1. The van der Waals surface area contributed by atoms with Gasteiger partial charge in [-0.3, -0.25) is 4.79 Å². The molecule has 0 aliphatic carbocycles. The molecule has 3 amide bonds. The molecular weight excluding hydrogens is 386 g/mol. The molecule has 0 fully saturated rings. The number of amides is 3. The van der Waals surface area contributed by atoms with Gasteiger partial charge in [-0.25, -0.2) is 4.79 Å². The van der Waals surface area contributed by atoms with Crippen LogP contribution < -0.4 is 15.5 Å². The SMILES string of the molecule is Cc1ccc(CN2C(=O)CSc3ccc(NC(=O)NCc4ccco4)cc32)cc1. The molecule has 3 aromatic rings. The Morgan fingerprint density at radius 1 is 1.17 bits per heavy atom. The van der Waals surface area contributed by atoms with Gasteiger partial charge in [0.2, 0.25) is 5.91 Å². The van der Waals surface area contributed by atoms with Gasteiger partial charge in [0.1, 0.15) is 5.76 Å². The molecular formula is C22H21N3O3S. The van der Waals surface area contributed by atoms with Crippen molar-refractivity contribution in [2.24, 2.45) is 0 Å². The van der Waals surface area contributed by atoms with Crippen LogP contribution in [0.4, 0.5) is 16.2 Å². The maximum absolute atomic E-state index is 12.6. The van der Waals surface area contributed by atoms with Gasteiger partial charge in [0.25, 0.3) is 0 Å². The lowest BCUT2D eigenvalue weighted by atomic mass is 10.1. The van der Waals surface area contributed by atoms with E-state index >= 15 is 0 Å². The average molecular weight is 407 g/mol. The van der Waals surface area contributed by atoms with E-state index in [0.29, 0.717) is 30.3 Å². The highest BCUT2D eigenvalue weighted by atomic mass is 32.2. The van der Waals surface area contributed by atoms with Crippen molar-refractivity contribution < 1.29 is 14.0 Å². The monoisotopic (exact) mass is 407 g/mol. The molecule has 0 radical (unpaired) electrons. The Morgan fingerprint density at radius 3 is 2.76 bits per heavy atom. The molecule has 7 heteroatoms. The van der Waals surface area contributed by atoms with Gasteiger partial charge >= 0.3 is 6.03 Å². The maximum Gasteiger partial charge on any atom is 0.319 e. The summed E-state index contributed by atoms with van der Waals surface area (Å²) in [4.78, 5) is 27.6. The zero-order chi connectivity index (χ0) is 20.2. The van der Waals surface area contributed by atoms with Crippen molar-refractivity contribution in [3.05, 3.63) is 77.7 Å². The minimum Gasteiger partial charge on any atom is -0.467 e. The molecule has 29 heavy (non-hydrogen) atoms. The zero-order valence-corrected chi connectivity index (χ0v) is 16.8. The number of rotatable bonds is 5. The predicted molar refractivity (Wildman–Crippen MR) is 114 cm³/mol. The Kier molecular flexibility index (Phi) is 5.57. The van der Waals surface area contributed by atoms with Crippen molar-refractivity contribution in [3.63, 3.8) is 0 Å². The number of furan rings is 1. The van der Waals surface area contributed by atoms with Crippen LogP contribution in [0.15, 0.2) is 70.2 Å². The van der Waals surface area contributed by atoms with Crippen LogP contribution in [-0.4, -0.2) is 17.7 Å². The third-order valence-corrected chi connectivity index (χ3v) is 5.67. The summed E-state index contributed by atoms with van der Waals surface area (Å²) in [5.41, 5.74) is 3.69. The molecule has 4 rings (SSSR count). The van der Waals surface area contributed by atoms with Crippen molar-refractivity contribution in [1.82, 2.24) is 5.32 Å². The van der Waals surface area contributed by atoms with Crippen LogP contribution in [0.2, 0.25) is 0 Å². The minimum atomic E-state index is -0.332. The number of hydrogen-bond acceptors (Lipinski definition) is 4. The molecule has 1 aliphatic heterocycles. The van der Waals surface area contributed by atoms with Crippen LogP contribution >= 0.6 is 11.8 Å². The lowest BCUT2D eigenvalue weighted by Gasteiger charge is -2.29. The van der Waals surface area contributed by atoms with Gasteiger partial charge in [-0.2, -0.15) is 0 Å². The highest BCUT2D eigenvalue weighted by molar-refractivity contribution is 8.00. The zero-order valence-electron chi connectivity index (χ0n) is 16.0. The van der Waals surface area contributed by atoms with E-state index in [2.05, 4.69) is 10.6 Å². The predicted octanol–water partition coefficient (Wildman–Crippen LogP) is 4.55. The number of hydrogen-bond donors (Lipinski definition) is 2. The molecule has 0 saturated carbocycles. The molecule has 2 aromatic carbocycles. The minimum absolute atomic E-state index is 0.0579. The van der Waals surface area contributed by atoms with Crippen LogP contribution in [0.3, 0.4) is 0 Å². The molecule has 0 unspecified atom stereocenters. The fraction of sp³-hybridized carbons (Fsp3) is 0.182. The summed E-state index contributed by atoms with van der Waals surface area (Å²) < 4.78 is 5.21. The fourth-order valence-electron chi connectivity index (χ4n) is 3.09. The third kappa shape index (κ3) is 4.63. The van der Waals surface area contributed by atoms with Gasteiger partial charge in [-0.1, -0.05) is 29.8 Å². The van der Waals surface area contributed by atoms with Crippen LogP contribution in [0, 0.1) is 6.92 Å². The first-order valence-electron chi connectivity index (χ1n) is 9.28. The highest BCUT2D eigenvalue weighted by Gasteiger charge is 2.25. The number of thioether (sulfide) groups is 1. The molecule has 1 aromatic heterocycles. The summed E-state index contributed by atoms with van der Waals surface area (Å²) in [5.74, 6) is 1.15. The number of nitrogens with one attached hydrogen (secondary N) is 2. The molecule has 2 N–H and O–H groups in total. The van der Waals surface area contributed by atoms with E-state index in [1.54, 1.807) is 23.3 Å². The van der Waals surface area contributed by atoms with Gasteiger partial charge < -0.3 is 20.0 Å². The Balaban J connectivity index is 1.49. The number of aryl methyl sites for hydroxylation is 1. The van der Waals surface area contributed by atoms with Gasteiger partial charge in [0, 0.05) is 10.6 Å². The van der Waals surface area contributed by atoms with Gasteiger partial charge in [-0.15, -0.1) is 11.8 Å². The molecule has 1 aliphatic rings. The standard InChI is InChI=1S/C22H21N3O3S/c1-15-4-6-16(7-5-15)13-25-19-11-17(8-9-20(19)29-14-21(25)26)24-22(27)23-12-18-3-2-10-28-18/h2-11H,12-14H2,1H3,(H2,23,24,27). The molecule has 148 valence electrons. The summed E-state index contributed by atoms with van der Waals surface area (Å²) in [7, 11) is 0. The highest BCUT2D eigenvalue weighted by Crippen LogP contribution is 2.38. The smallest absolute Gasteiger partial charge is 0.319 e. The number of anilines is 2. The Labute approximate surface area is 173 Å². The Hall–Kier alpha value is -3.19. The van der Waals surface area contributed by atoms with Crippen molar-refractivity contribution in [1.29, 1.82) is 0 Å². The van der Waals surface area contributed by atoms with E-state index in [-0.39, 0.29) is 11.9 Å². The quantitative estimate of drug-likeness (QED) is 0.651. The maximum atomic E-state index is 12.6. The van der Waals surface area contributed by atoms with Crippen LogP contribution in [0.5, 0.6) is 0 Å². The average Bonchev–Trinajstić information content (AvgIpc) is 3.24. The Morgan fingerprint density at radius 2 is 2.00 bits per heavy atom. The summed E-state index contributed by atoms with van der Waals surface area (Å²) >= 11 is 1.52. The van der Waals surface area contributed by atoms with Gasteiger partial charge in [0.05, 0.1) is 30.8 Å². The van der Waals surface area contributed by atoms with Crippen molar-refractivity contribution in [2.75, 3.05) is 16.0 Å². The van der Waals surface area contributed by atoms with Crippen LogP contribution in [0.1, 0.15) is 16.9 Å². The lowest BCUT2D eigenvalue weighted by Crippen LogP contribution is -2.35. The molecule has 0 bridgehead atoms. The third-order valence-electron chi connectivity index (χ3n) is 4.62. The number of urea groups is 1. The molecule has 0 atom stereocenters. The van der Waals surface area contributed by atoms with E-state index < -0.39 is 0 Å². The number of carbonyl (C=O) groups excluding carboxylic acids is 2. The number of fused-ring (bicyclic) bond motifs is 1. The van der Waals surface area contributed by atoms with Crippen molar-refractivity contribution in [3.8, 4) is 0 Å². The van der Waals surface area contributed by atoms with E-state index in [0.717, 1.165) is 16.1 Å². The second-order valence-electron chi connectivity index (χ2n) is 6.82. The summed E-state index contributed by atoms with van der Waals surface area (Å²) in [6.07, 6.45) is 1.57. The lowest BCUT2D eigenvalue weighted by molar-refractivity contribution is -0.116. The second-order valence-corrected chi connectivity index (χ2v) is 7.84. The summed E-state index contributed by atoms with van der Waals surface area (Å²) in [6, 6.07) is 17.0. The van der Waals surface area contributed by atoms with E-state index in [4.69, 9.17) is 4.42 Å². The van der Waals surface area contributed by atoms with Gasteiger partial charge in [0.15, 0.2) is 0 Å². The summed E-state index contributed by atoms with van der Waals surface area (Å²) in [6.45, 7) is 2.84. The molecule has 0 spiro atoms. The first-order valence-corrected chi connectivity index (χ1v) is 10.3. The normalized spacial score (nSPS) is 13.1. The number of carbonyl (C=O) groups is 2. The first kappa shape index (κ1) is 19.1. The molecule has 6 nitrogen and oxygen atoms in total. The number of nitrogens with zero attached hydrogens (tertiary/aromatic N) is 1. The molecule has 2 heterocycles. The van der Waals surface area contributed by atoms with Crippen molar-refractivity contribution >= 4 is 35.1 Å². The van der Waals surface area contributed by atoms with Crippen LogP contribution in [0.25, 0.3) is 0 Å². The molecule has 0 saturated heterocycles. The summed E-state index contributed by atoms with van der Waals surface area (Å²) in [5, 5.41) is 5.57. The van der Waals surface area contributed by atoms with E-state index in [1.807, 2.05) is 49.4 Å². The van der Waals surface area contributed by atoms with Gasteiger partial charge in [-0.05, 0) is 42.8 Å². The fourth-order valence-corrected chi connectivity index (χ4v) is 4.00. The van der Waals surface area contributed by atoms with Crippen LogP contribution in [-0.2, 0) is 17.9 Å². The van der Waals surface area contributed by atoms with E-state index in [1.165, 1.54) is 17.3 Å². The second kappa shape index (κ2) is 8.45. The Bertz CT molecular complexity index is 1020. The topological polar surface area (TPSA) is 74.6 Å². The van der Waals surface area contributed by atoms with E-state index in [9.17, 15) is 9.59 Å². The number of benzene rings is 2. The van der Waals surface area contributed by atoms with Crippen molar-refractivity contribution in [2.45, 2.75) is 24.9 Å².